The van der Waals surface area contributed by atoms with E-state index >= 15 is 0 Å². The van der Waals surface area contributed by atoms with Gasteiger partial charge in [-0.3, -0.25) is 10.1 Å². The van der Waals surface area contributed by atoms with Crippen LogP contribution in [0.3, 0.4) is 0 Å². The Hall–Kier alpha value is -2.78. The zero-order chi connectivity index (χ0) is 15.7. The quantitative estimate of drug-likeness (QED) is 0.377. The molecule has 110 valence electrons. The second-order valence-electron chi connectivity index (χ2n) is 3.62. The SMILES string of the molecule is O=[N+]([O-])c1ccc(Oc2c(F)c(F)nc(F)c2F)c(F)c1. The number of non-ortho nitro benzene ring substituents is 1. The van der Waals surface area contributed by atoms with Crippen molar-refractivity contribution in [3.63, 3.8) is 0 Å². The molecular formula is C11H3F5N2O3. The minimum atomic E-state index is -1.98. The molecule has 0 spiro atoms. The van der Waals surface area contributed by atoms with Gasteiger partial charge in [0.05, 0.1) is 11.0 Å². The topological polar surface area (TPSA) is 65.3 Å². The number of nitro groups is 1. The molecule has 10 heteroatoms. The lowest BCUT2D eigenvalue weighted by Gasteiger charge is -2.09. The lowest BCUT2D eigenvalue weighted by Crippen LogP contribution is -2.04. The summed E-state index contributed by atoms with van der Waals surface area (Å²) in [5, 5.41) is 10.4. The molecule has 1 aromatic carbocycles. The molecule has 0 atom stereocenters. The third kappa shape index (κ3) is 2.73. The summed E-state index contributed by atoms with van der Waals surface area (Å²) in [6.45, 7) is 0. The number of rotatable bonds is 3. The number of nitrogens with zero attached hydrogens (tertiary/aromatic N) is 2. The summed E-state index contributed by atoms with van der Waals surface area (Å²) in [7, 11) is 0. The first-order chi connectivity index (χ1) is 9.81. The molecule has 0 aliphatic rings. The van der Waals surface area contributed by atoms with Crippen molar-refractivity contribution in [2.45, 2.75) is 0 Å². The molecule has 21 heavy (non-hydrogen) atoms. The van der Waals surface area contributed by atoms with Crippen molar-refractivity contribution < 1.29 is 31.6 Å². The third-order valence-corrected chi connectivity index (χ3v) is 2.30. The first kappa shape index (κ1) is 14.6. The first-order valence-electron chi connectivity index (χ1n) is 5.13. The van der Waals surface area contributed by atoms with Crippen LogP contribution in [0.2, 0.25) is 0 Å². The highest BCUT2D eigenvalue weighted by Crippen LogP contribution is 2.32. The van der Waals surface area contributed by atoms with E-state index in [0.717, 1.165) is 6.07 Å². The predicted octanol–water partition coefficient (Wildman–Crippen LogP) is 3.48. The van der Waals surface area contributed by atoms with Crippen molar-refractivity contribution in [2.75, 3.05) is 0 Å². The van der Waals surface area contributed by atoms with Gasteiger partial charge in [0.25, 0.3) is 17.6 Å². The molecule has 0 fully saturated rings. The minimum absolute atomic E-state index is 0.416. The zero-order valence-corrected chi connectivity index (χ0v) is 9.74. The van der Waals surface area contributed by atoms with E-state index in [-0.39, 0.29) is 0 Å². The van der Waals surface area contributed by atoms with E-state index in [1.807, 2.05) is 0 Å². The summed E-state index contributed by atoms with van der Waals surface area (Å²) in [6.07, 6.45) is 0. The lowest BCUT2D eigenvalue weighted by molar-refractivity contribution is -0.385. The number of ether oxygens (including phenoxy) is 1. The van der Waals surface area contributed by atoms with Gasteiger partial charge in [-0.25, -0.2) is 4.39 Å². The molecule has 0 unspecified atom stereocenters. The van der Waals surface area contributed by atoms with Crippen molar-refractivity contribution in [1.82, 2.24) is 4.98 Å². The van der Waals surface area contributed by atoms with Crippen molar-refractivity contribution in [1.29, 1.82) is 0 Å². The van der Waals surface area contributed by atoms with Crippen molar-refractivity contribution in [2.24, 2.45) is 0 Å². The standard InChI is InChI=1S/C11H3F5N2O3/c12-5-3-4(18(19)20)1-2-6(5)21-9-7(13)10(15)17-11(16)8(9)14/h1-3H. The van der Waals surface area contributed by atoms with Gasteiger partial charge in [-0.2, -0.15) is 22.5 Å². The van der Waals surface area contributed by atoms with Gasteiger partial charge < -0.3 is 4.74 Å². The minimum Gasteiger partial charge on any atom is -0.448 e. The van der Waals surface area contributed by atoms with Gasteiger partial charge in [-0.15, -0.1) is 0 Å². The fraction of sp³-hybridized carbons (Fsp3) is 0. The average Bonchev–Trinajstić information content (AvgIpc) is 2.42. The monoisotopic (exact) mass is 306 g/mol. The van der Waals surface area contributed by atoms with Crippen LogP contribution < -0.4 is 4.74 Å². The molecule has 5 nitrogen and oxygen atoms in total. The normalized spacial score (nSPS) is 10.5. The van der Waals surface area contributed by atoms with Gasteiger partial charge in [0, 0.05) is 6.07 Å². The first-order valence-corrected chi connectivity index (χ1v) is 5.13. The van der Waals surface area contributed by atoms with Crippen LogP contribution in [0.1, 0.15) is 0 Å². The Labute approximate surface area is 112 Å². The number of pyridine rings is 1. The molecule has 1 heterocycles. The fourth-order valence-corrected chi connectivity index (χ4v) is 1.35. The summed E-state index contributed by atoms with van der Waals surface area (Å²) < 4.78 is 70.1. The highest BCUT2D eigenvalue weighted by Gasteiger charge is 2.24. The van der Waals surface area contributed by atoms with E-state index in [9.17, 15) is 32.1 Å². The maximum atomic E-state index is 13.5. The Morgan fingerprint density at radius 1 is 1.05 bits per heavy atom. The number of benzene rings is 1. The van der Waals surface area contributed by atoms with Gasteiger partial charge in [0.15, 0.2) is 11.6 Å². The van der Waals surface area contributed by atoms with E-state index in [1.165, 1.54) is 0 Å². The molecule has 0 aliphatic carbocycles. The number of nitro benzene ring substituents is 1. The maximum absolute atomic E-state index is 13.5. The van der Waals surface area contributed by atoms with Gasteiger partial charge in [-0.05, 0) is 6.07 Å². The summed E-state index contributed by atoms with van der Waals surface area (Å²) in [5.74, 6) is -11.6. The average molecular weight is 306 g/mol. The molecule has 0 bridgehead atoms. The second kappa shape index (κ2) is 5.31. The van der Waals surface area contributed by atoms with Crippen LogP contribution in [0, 0.1) is 39.5 Å². The van der Waals surface area contributed by atoms with Gasteiger partial charge in [0.2, 0.25) is 17.4 Å². The van der Waals surface area contributed by atoms with Crippen LogP contribution in [-0.2, 0) is 0 Å². The largest absolute Gasteiger partial charge is 0.448 e. The highest BCUT2D eigenvalue weighted by atomic mass is 19.2. The Balaban J connectivity index is 2.46. The Kier molecular flexibility index (Phi) is 3.70. The Bertz CT molecular complexity index is 712. The van der Waals surface area contributed by atoms with Crippen molar-refractivity contribution in [3.05, 3.63) is 57.7 Å². The van der Waals surface area contributed by atoms with Gasteiger partial charge in [0.1, 0.15) is 0 Å². The predicted molar refractivity (Wildman–Crippen MR) is 57.2 cm³/mol. The zero-order valence-electron chi connectivity index (χ0n) is 9.74. The second-order valence-corrected chi connectivity index (χ2v) is 3.62. The molecule has 0 aliphatic heterocycles. The molecule has 0 saturated heterocycles. The van der Waals surface area contributed by atoms with Crippen LogP contribution in [0.25, 0.3) is 0 Å². The molecule has 0 amide bonds. The molecule has 0 radical (unpaired) electrons. The van der Waals surface area contributed by atoms with Crippen LogP contribution in [0.15, 0.2) is 18.2 Å². The van der Waals surface area contributed by atoms with E-state index in [4.69, 9.17) is 0 Å². The Morgan fingerprint density at radius 3 is 2.10 bits per heavy atom. The van der Waals surface area contributed by atoms with Crippen molar-refractivity contribution >= 4 is 5.69 Å². The van der Waals surface area contributed by atoms with Crippen LogP contribution in [0.5, 0.6) is 11.5 Å². The number of aromatic nitrogens is 1. The molecule has 2 rings (SSSR count). The smallest absolute Gasteiger partial charge is 0.272 e. The number of hydrogen-bond donors (Lipinski definition) is 0. The van der Waals surface area contributed by atoms with Crippen LogP contribution >= 0.6 is 0 Å². The fourth-order valence-electron chi connectivity index (χ4n) is 1.35. The van der Waals surface area contributed by atoms with E-state index in [0.29, 0.717) is 12.1 Å². The molecule has 0 N–H and O–H groups in total. The van der Waals surface area contributed by atoms with E-state index in [2.05, 4.69) is 9.72 Å². The third-order valence-electron chi connectivity index (χ3n) is 2.30. The molecular weight excluding hydrogens is 303 g/mol. The molecule has 1 aromatic heterocycles. The number of hydrogen-bond acceptors (Lipinski definition) is 4. The van der Waals surface area contributed by atoms with Gasteiger partial charge in [-0.1, -0.05) is 0 Å². The van der Waals surface area contributed by atoms with Gasteiger partial charge >= 0.3 is 0 Å². The van der Waals surface area contributed by atoms with E-state index < -0.39 is 51.5 Å². The Morgan fingerprint density at radius 2 is 1.62 bits per heavy atom. The number of halogens is 5. The summed E-state index contributed by atoms with van der Waals surface area (Å²) in [4.78, 5) is 11.8. The van der Waals surface area contributed by atoms with E-state index in [1.54, 1.807) is 0 Å². The molecule has 2 aromatic rings. The molecule has 0 saturated carbocycles. The van der Waals surface area contributed by atoms with Crippen molar-refractivity contribution in [3.8, 4) is 11.5 Å². The summed E-state index contributed by atoms with van der Waals surface area (Å²) in [5.41, 5.74) is -0.645. The summed E-state index contributed by atoms with van der Waals surface area (Å²) in [6, 6.07) is 1.88. The van der Waals surface area contributed by atoms with Crippen LogP contribution in [0.4, 0.5) is 27.6 Å². The van der Waals surface area contributed by atoms with Crippen LogP contribution in [-0.4, -0.2) is 9.91 Å². The summed E-state index contributed by atoms with van der Waals surface area (Å²) >= 11 is 0. The maximum Gasteiger partial charge on any atom is 0.272 e. The lowest BCUT2D eigenvalue weighted by atomic mass is 10.3. The highest BCUT2D eigenvalue weighted by molar-refractivity contribution is 5.40.